The zero-order chi connectivity index (χ0) is 62.5. The van der Waals surface area contributed by atoms with Gasteiger partial charge in [0.05, 0.1) is 75.0 Å². The smallest absolute Gasteiger partial charge is 0.336 e. The number of nitrogens with one attached hydrogen (secondary N) is 1. The van der Waals surface area contributed by atoms with E-state index in [1.165, 1.54) is 42.5 Å². The van der Waals surface area contributed by atoms with Crippen molar-refractivity contribution in [1.29, 1.82) is 0 Å². The molecule has 0 aliphatic carbocycles. The number of hydrogen-bond acceptors (Lipinski definition) is 16. The lowest BCUT2D eigenvalue weighted by Crippen LogP contribution is -2.35. The minimum Gasteiger partial charge on any atom is -0.466 e. The van der Waals surface area contributed by atoms with Gasteiger partial charge in [0.25, 0.3) is 0 Å². The third kappa shape index (κ3) is 26.0. The second-order valence-corrected chi connectivity index (χ2v) is 20.1. The largest absolute Gasteiger partial charge is 0.466 e. The van der Waals surface area contributed by atoms with Crippen LogP contribution in [0.4, 0.5) is 0 Å². The molecule has 6 aromatic carbocycles. The van der Waals surface area contributed by atoms with Gasteiger partial charge in [-0.15, -0.1) is 0 Å². The van der Waals surface area contributed by atoms with Gasteiger partial charge in [0.1, 0.15) is 13.0 Å². The highest BCUT2D eigenvalue weighted by molar-refractivity contribution is 6.33. The zero-order valence-electron chi connectivity index (χ0n) is 49.7. The van der Waals surface area contributed by atoms with E-state index in [0.717, 1.165) is 32.5 Å². The lowest BCUT2D eigenvalue weighted by molar-refractivity contribution is -0.146. The van der Waals surface area contributed by atoms with Crippen LogP contribution in [0.2, 0.25) is 10.0 Å². The molecular formula is C68H78Cl2N4O12. The third-order valence-electron chi connectivity index (χ3n) is 12.6. The summed E-state index contributed by atoms with van der Waals surface area (Å²) < 4.78 is 31.3. The summed E-state index contributed by atoms with van der Waals surface area (Å²) in [7, 11) is 2.62. The molecule has 0 saturated carbocycles. The van der Waals surface area contributed by atoms with Gasteiger partial charge in [0, 0.05) is 67.3 Å². The Morgan fingerprint density at radius 2 is 1.03 bits per heavy atom. The Balaban J connectivity index is 0.000000303. The van der Waals surface area contributed by atoms with Crippen molar-refractivity contribution >= 4 is 59.1 Å². The molecule has 1 aliphatic heterocycles. The molecule has 0 fully saturated rings. The standard InChI is InChI=1S/C34H37ClN2O5.C22H27NO4.C7H5ClO.C5H9NO2/c1-4-42-34(39)32-29(36-24(2)30(33(38)40-3)31(32)27-17-11-12-18-28(27)35)23-41-20-19-37(21-25-13-7-5-8-14-25)22-26-15-9-6-10-16-26;1-2-27-22(25)15-21(24)18-26-14-13-23(16-19-9-5-3-6-10-19)17-20-11-7-4-8-12-20;8-7-4-2-1-3-6(7)5-9;1-4(6)3-5(7)8-2/h5-18,31,36H,4,19-23H2,1-3H3;3-12H,2,13-18H2,1H3;1-5H;3H,6H2,1-2H3/b;;;4-3-. The number of ether oxygens (including phenoxy) is 6. The van der Waals surface area contributed by atoms with Gasteiger partial charge in [-0.25, -0.2) is 14.4 Å². The first-order chi connectivity index (χ1) is 41.6. The zero-order valence-corrected chi connectivity index (χ0v) is 51.2. The Hall–Kier alpha value is -8.22. The summed E-state index contributed by atoms with van der Waals surface area (Å²) in [5, 5.41) is 4.17. The van der Waals surface area contributed by atoms with Crippen molar-refractivity contribution in [2.75, 3.05) is 67.0 Å². The van der Waals surface area contributed by atoms with E-state index in [9.17, 15) is 28.8 Å². The van der Waals surface area contributed by atoms with Gasteiger partial charge in [-0.3, -0.25) is 24.2 Å². The monoisotopic (exact) mass is 1210 g/mol. The summed E-state index contributed by atoms with van der Waals surface area (Å²) >= 11 is 12.2. The molecule has 1 aliphatic rings. The van der Waals surface area contributed by atoms with Gasteiger partial charge in [-0.2, -0.15) is 0 Å². The molecule has 7 rings (SSSR count). The molecule has 0 spiro atoms. The number of dihydropyridines is 1. The van der Waals surface area contributed by atoms with Crippen molar-refractivity contribution < 1.29 is 57.2 Å². The van der Waals surface area contributed by atoms with Gasteiger partial charge in [0.2, 0.25) is 0 Å². The first-order valence-electron chi connectivity index (χ1n) is 28.0. The molecule has 1 heterocycles. The Morgan fingerprint density at radius 3 is 1.44 bits per heavy atom. The Kier molecular flexibility index (Phi) is 32.8. The topological polar surface area (TPSA) is 202 Å². The van der Waals surface area contributed by atoms with E-state index in [0.29, 0.717) is 70.1 Å². The fourth-order valence-electron chi connectivity index (χ4n) is 8.64. The predicted molar refractivity (Wildman–Crippen MR) is 334 cm³/mol. The molecule has 0 amide bonds. The fraction of sp³-hybridized carbons (Fsp3) is 0.294. The molecule has 86 heavy (non-hydrogen) atoms. The number of halogens is 2. The molecule has 0 radical (unpaired) electrons. The van der Waals surface area contributed by atoms with E-state index in [-0.39, 0.29) is 44.2 Å². The van der Waals surface area contributed by atoms with Gasteiger partial charge in [-0.1, -0.05) is 181 Å². The van der Waals surface area contributed by atoms with Crippen LogP contribution in [0.25, 0.3) is 0 Å². The van der Waals surface area contributed by atoms with E-state index >= 15 is 0 Å². The molecule has 1 unspecified atom stereocenters. The molecule has 6 aromatic rings. The SMILES string of the molecule is CCOC(=O)C1=C(COCCN(Cc2ccccc2)Cc2ccccc2)NC(C)=C(C(=O)OC)C1c1ccccc1Cl.CCOC(=O)CC(=O)COCCN(Cc1ccccc1)Cc1ccccc1.COC(=O)/C=C(/C)N.O=Cc1ccccc1Cl. The van der Waals surface area contributed by atoms with Crippen LogP contribution in [-0.2, 0) is 78.6 Å². The summed E-state index contributed by atoms with van der Waals surface area (Å²) in [5.41, 5.74) is 13.3. The molecule has 18 heteroatoms. The second-order valence-electron chi connectivity index (χ2n) is 19.3. The number of carbonyl (C=O) groups is 6. The van der Waals surface area contributed by atoms with E-state index in [1.54, 1.807) is 70.2 Å². The van der Waals surface area contributed by atoms with Crippen LogP contribution in [0.5, 0.6) is 0 Å². The van der Waals surface area contributed by atoms with E-state index in [2.05, 4.69) is 68.4 Å². The van der Waals surface area contributed by atoms with Gasteiger partial charge < -0.3 is 39.5 Å². The number of nitrogens with zero attached hydrogens (tertiary/aromatic N) is 2. The van der Waals surface area contributed by atoms with Gasteiger partial charge in [0.15, 0.2) is 12.1 Å². The molecule has 1 atom stereocenters. The quantitative estimate of drug-likeness (QED) is 0.0123. The number of rotatable bonds is 27. The summed E-state index contributed by atoms with van der Waals surface area (Å²) in [6.07, 6.45) is 1.73. The Labute approximate surface area is 515 Å². The maximum atomic E-state index is 13.4. The maximum Gasteiger partial charge on any atom is 0.336 e. The summed E-state index contributed by atoms with van der Waals surface area (Å²) in [4.78, 5) is 74.4. The van der Waals surface area contributed by atoms with Crippen LogP contribution in [-0.4, -0.2) is 113 Å². The molecule has 0 aromatic heterocycles. The van der Waals surface area contributed by atoms with Crippen LogP contribution in [0.1, 0.15) is 78.2 Å². The van der Waals surface area contributed by atoms with Crippen LogP contribution < -0.4 is 11.1 Å². The number of aldehydes is 1. The highest BCUT2D eigenvalue weighted by Gasteiger charge is 2.39. The van der Waals surface area contributed by atoms with Crippen molar-refractivity contribution in [3.05, 3.63) is 248 Å². The number of Topliss-reactive ketones (excluding diaryl/α,β-unsaturated/α-hetero) is 1. The molecular weight excluding hydrogens is 1140 g/mol. The van der Waals surface area contributed by atoms with Gasteiger partial charge in [-0.05, 0) is 67.6 Å². The number of nitrogens with two attached hydrogens (primary N) is 1. The van der Waals surface area contributed by atoms with Crippen molar-refractivity contribution in [3.63, 3.8) is 0 Å². The molecule has 0 saturated heterocycles. The first-order valence-corrected chi connectivity index (χ1v) is 28.7. The highest BCUT2D eigenvalue weighted by Crippen LogP contribution is 2.42. The van der Waals surface area contributed by atoms with Crippen LogP contribution in [0.3, 0.4) is 0 Å². The molecule has 456 valence electrons. The molecule has 0 bridgehead atoms. The first kappa shape index (κ1) is 70.3. The Morgan fingerprint density at radius 1 is 0.581 bits per heavy atom. The average molecular weight is 1210 g/mol. The summed E-state index contributed by atoms with van der Waals surface area (Å²) in [6, 6.07) is 55.2. The molecule has 16 nitrogen and oxygen atoms in total. The minimum absolute atomic E-state index is 0.0661. The number of benzene rings is 6. The van der Waals surface area contributed by atoms with Gasteiger partial charge >= 0.3 is 23.9 Å². The predicted octanol–water partition coefficient (Wildman–Crippen LogP) is 11.4. The maximum absolute atomic E-state index is 13.4. The molecule has 3 N–H and O–H groups in total. The number of allylic oxidation sites excluding steroid dienone is 2. The lowest BCUT2D eigenvalue weighted by Gasteiger charge is -2.32. The Bertz CT molecular complexity index is 3060. The van der Waals surface area contributed by atoms with Crippen molar-refractivity contribution in [2.45, 2.75) is 66.2 Å². The lowest BCUT2D eigenvalue weighted by atomic mass is 9.80. The normalized spacial score (nSPS) is 12.7. The number of methoxy groups -OCH3 is 2. The third-order valence-corrected chi connectivity index (χ3v) is 13.3. The van der Waals surface area contributed by atoms with Crippen LogP contribution in [0.15, 0.2) is 204 Å². The average Bonchev–Trinajstić information content (AvgIpc) is 1.16. The number of carbonyl (C=O) groups excluding carboxylic acids is 6. The second kappa shape index (κ2) is 40.2. The van der Waals surface area contributed by atoms with E-state index in [4.69, 9.17) is 52.6 Å². The highest BCUT2D eigenvalue weighted by atomic mass is 35.5. The number of esters is 4. The van der Waals surface area contributed by atoms with Crippen LogP contribution in [0, 0.1) is 0 Å². The summed E-state index contributed by atoms with van der Waals surface area (Å²) in [6.45, 7) is 12.7. The summed E-state index contributed by atoms with van der Waals surface area (Å²) in [5.74, 6) is -3.05. The fourth-order valence-corrected chi connectivity index (χ4v) is 9.07. The van der Waals surface area contributed by atoms with Crippen LogP contribution >= 0.6 is 23.2 Å². The van der Waals surface area contributed by atoms with Crippen molar-refractivity contribution in [1.82, 2.24) is 15.1 Å². The van der Waals surface area contributed by atoms with Crippen molar-refractivity contribution in [3.8, 4) is 0 Å². The van der Waals surface area contributed by atoms with E-state index in [1.807, 2.05) is 78.9 Å². The van der Waals surface area contributed by atoms with Crippen molar-refractivity contribution in [2.24, 2.45) is 5.73 Å². The number of hydrogen-bond donors (Lipinski definition) is 2. The van der Waals surface area contributed by atoms with E-state index < -0.39 is 29.8 Å². The minimum atomic E-state index is -0.780. The number of ketones is 1.